The van der Waals surface area contributed by atoms with Crippen LogP contribution in [-0.2, 0) is 6.42 Å². The van der Waals surface area contributed by atoms with Crippen molar-refractivity contribution in [2.24, 2.45) is 0 Å². The molecular weight excluding hydrogens is 210 g/mol. The van der Waals surface area contributed by atoms with Crippen molar-refractivity contribution in [2.75, 3.05) is 11.9 Å². The summed E-state index contributed by atoms with van der Waals surface area (Å²) in [4.78, 5) is 8.87. The molecule has 1 aromatic heterocycles. The van der Waals surface area contributed by atoms with E-state index in [1.165, 1.54) is 5.56 Å². The molecule has 0 atom stereocenters. The molecule has 1 heterocycles. The first-order valence-corrected chi connectivity index (χ1v) is 6.00. The Morgan fingerprint density at radius 2 is 1.94 bits per heavy atom. The van der Waals surface area contributed by atoms with E-state index in [1.54, 1.807) is 6.20 Å². The summed E-state index contributed by atoms with van der Waals surface area (Å²) >= 11 is 0. The Balaban J connectivity index is 2.41. The smallest absolute Gasteiger partial charge is 0.161 e. The Labute approximate surface area is 102 Å². The third kappa shape index (κ3) is 2.61. The van der Waals surface area contributed by atoms with Gasteiger partial charge in [0.05, 0.1) is 0 Å². The molecule has 0 saturated carbocycles. The molecule has 0 spiro atoms. The van der Waals surface area contributed by atoms with Crippen molar-refractivity contribution in [3.63, 3.8) is 0 Å². The van der Waals surface area contributed by atoms with Crippen molar-refractivity contribution < 1.29 is 0 Å². The number of aromatic nitrogens is 2. The highest BCUT2D eigenvalue weighted by molar-refractivity contribution is 5.61. The third-order valence-corrected chi connectivity index (χ3v) is 2.65. The Kier molecular flexibility index (Phi) is 3.70. The molecule has 0 aliphatic heterocycles. The summed E-state index contributed by atoms with van der Waals surface area (Å²) in [5.74, 6) is 1.67. The van der Waals surface area contributed by atoms with Gasteiger partial charge in [-0.15, -0.1) is 0 Å². The van der Waals surface area contributed by atoms with E-state index in [0.29, 0.717) is 0 Å². The van der Waals surface area contributed by atoms with Gasteiger partial charge < -0.3 is 5.32 Å². The van der Waals surface area contributed by atoms with Crippen LogP contribution in [0, 0.1) is 0 Å². The first-order chi connectivity index (χ1) is 8.35. The van der Waals surface area contributed by atoms with Crippen LogP contribution in [0.4, 0.5) is 5.82 Å². The van der Waals surface area contributed by atoms with Crippen molar-refractivity contribution in [1.29, 1.82) is 0 Å². The molecule has 2 aromatic rings. The molecule has 0 aliphatic rings. The van der Waals surface area contributed by atoms with E-state index in [9.17, 15) is 0 Å². The predicted molar refractivity (Wildman–Crippen MR) is 71.0 cm³/mol. The minimum atomic E-state index is 0.793. The molecule has 0 radical (unpaired) electrons. The van der Waals surface area contributed by atoms with Gasteiger partial charge in [-0.2, -0.15) is 0 Å². The van der Waals surface area contributed by atoms with E-state index in [0.717, 1.165) is 30.2 Å². The maximum atomic E-state index is 4.52. The van der Waals surface area contributed by atoms with Crippen molar-refractivity contribution in [3.8, 4) is 11.4 Å². The molecular formula is C14H17N3. The van der Waals surface area contributed by atoms with Crippen LogP contribution in [0.25, 0.3) is 11.4 Å². The van der Waals surface area contributed by atoms with E-state index in [1.807, 2.05) is 12.1 Å². The molecule has 17 heavy (non-hydrogen) atoms. The van der Waals surface area contributed by atoms with Gasteiger partial charge in [-0.3, -0.25) is 0 Å². The molecule has 3 nitrogen and oxygen atoms in total. The van der Waals surface area contributed by atoms with Gasteiger partial charge in [0.15, 0.2) is 5.82 Å². The van der Waals surface area contributed by atoms with Crippen LogP contribution < -0.4 is 5.32 Å². The topological polar surface area (TPSA) is 37.8 Å². The van der Waals surface area contributed by atoms with E-state index >= 15 is 0 Å². The summed E-state index contributed by atoms with van der Waals surface area (Å²) in [6, 6.07) is 10.2. The number of hydrogen-bond donors (Lipinski definition) is 1. The average Bonchev–Trinajstić information content (AvgIpc) is 2.39. The SMILES string of the molecule is CCNc1ccnc(-c2ccccc2CC)n1. The summed E-state index contributed by atoms with van der Waals surface area (Å²) in [6.07, 6.45) is 2.79. The zero-order chi connectivity index (χ0) is 12.1. The zero-order valence-corrected chi connectivity index (χ0v) is 10.3. The minimum Gasteiger partial charge on any atom is -0.370 e. The number of anilines is 1. The lowest BCUT2D eigenvalue weighted by atomic mass is 10.0. The van der Waals surface area contributed by atoms with Crippen LogP contribution in [-0.4, -0.2) is 16.5 Å². The lowest BCUT2D eigenvalue weighted by molar-refractivity contribution is 1.09. The quantitative estimate of drug-likeness (QED) is 0.872. The fourth-order valence-corrected chi connectivity index (χ4v) is 1.81. The Morgan fingerprint density at radius 3 is 2.71 bits per heavy atom. The fourth-order valence-electron chi connectivity index (χ4n) is 1.81. The summed E-state index contributed by atoms with van der Waals surface area (Å²) in [5.41, 5.74) is 2.40. The Morgan fingerprint density at radius 1 is 1.12 bits per heavy atom. The molecule has 0 bridgehead atoms. The maximum Gasteiger partial charge on any atom is 0.161 e. The molecule has 1 N–H and O–H groups in total. The van der Waals surface area contributed by atoms with Crippen LogP contribution in [0.1, 0.15) is 19.4 Å². The van der Waals surface area contributed by atoms with Gasteiger partial charge in [-0.05, 0) is 25.0 Å². The number of aryl methyl sites for hydroxylation is 1. The van der Waals surface area contributed by atoms with E-state index in [4.69, 9.17) is 0 Å². The normalized spacial score (nSPS) is 10.2. The number of hydrogen-bond acceptors (Lipinski definition) is 3. The van der Waals surface area contributed by atoms with Gasteiger partial charge in [0.1, 0.15) is 5.82 Å². The Hall–Kier alpha value is -1.90. The molecule has 0 unspecified atom stereocenters. The van der Waals surface area contributed by atoms with Gasteiger partial charge in [0.25, 0.3) is 0 Å². The van der Waals surface area contributed by atoms with Gasteiger partial charge in [0, 0.05) is 18.3 Å². The second-order valence-corrected chi connectivity index (χ2v) is 3.81. The minimum absolute atomic E-state index is 0.793. The fraction of sp³-hybridized carbons (Fsp3) is 0.286. The highest BCUT2D eigenvalue weighted by Crippen LogP contribution is 2.21. The van der Waals surface area contributed by atoms with Crippen molar-refractivity contribution in [1.82, 2.24) is 9.97 Å². The van der Waals surface area contributed by atoms with Crippen molar-refractivity contribution >= 4 is 5.82 Å². The second-order valence-electron chi connectivity index (χ2n) is 3.81. The van der Waals surface area contributed by atoms with Gasteiger partial charge in [-0.25, -0.2) is 9.97 Å². The highest BCUT2D eigenvalue weighted by atomic mass is 15.0. The van der Waals surface area contributed by atoms with E-state index < -0.39 is 0 Å². The van der Waals surface area contributed by atoms with Crippen molar-refractivity contribution in [2.45, 2.75) is 20.3 Å². The van der Waals surface area contributed by atoms with Crippen molar-refractivity contribution in [3.05, 3.63) is 42.1 Å². The van der Waals surface area contributed by atoms with Crippen LogP contribution in [0.15, 0.2) is 36.5 Å². The number of nitrogens with zero attached hydrogens (tertiary/aromatic N) is 2. The lowest BCUT2D eigenvalue weighted by Crippen LogP contribution is -2.01. The first-order valence-electron chi connectivity index (χ1n) is 6.00. The number of benzene rings is 1. The summed E-state index contributed by atoms with van der Waals surface area (Å²) < 4.78 is 0. The van der Waals surface area contributed by atoms with Gasteiger partial charge >= 0.3 is 0 Å². The van der Waals surface area contributed by atoms with Crippen LogP contribution in [0.5, 0.6) is 0 Å². The summed E-state index contributed by atoms with van der Waals surface area (Å²) in [6.45, 7) is 5.07. The molecule has 3 heteroatoms. The second kappa shape index (κ2) is 5.43. The third-order valence-electron chi connectivity index (χ3n) is 2.65. The molecule has 0 amide bonds. The molecule has 2 rings (SSSR count). The molecule has 0 saturated heterocycles. The first kappa shape index (κ1) is 11.6. The molecule has 1 aromatic carbocycles. The monoisotopic (exact) mass is 227 g/mol. The summed E-state index contributed by atoms with van der Waals surface area (Å²) in [5, 5.41) is 3.20. The Bertz CT molecular complexity index is 494. The maximum absolute atomic E-state index is 4.52. The summed E-state index contributed by atoms with van der Waals surface area (Å²) in [7, 11) is 0. The van der Waals surface area contributed by atoms with Gasteiger partial charge in [-0.1, -0.05) is 31.2 Å². The lowest BCUT2D eigenvalue weighted by Gasteiger charge is -2.08. The highest BCUT2D eigenvalue weighted by Gasteiger charge is 2.06. The predicted octanol–water partition coefficient (Wildman–Crippen LogP) is 3.14. The standard InChI is InChI=1S/C14H17N3/c1-3-11-7-5-6-8-12(11)14-16-10-9-13(17-14)15-4-2/h5-10H,3-4H2,1-2H3,(H,15,16,17). The van der Waals surface area contributed by atoms with Gasteiger partial charge in [0.2, 0.25) is 0 Å². The van der Waals surface area contributed by atoms with Crippen LogP contribution in [0.2, 0.25) is 0 Å². The number of rotatable bonds is 4. The zero-order valence-electron chi connectivity index (χ0n) is 10.3. The average molecular weight is 227 g/mol. The molecule has 0 fully saturated rings. The molecule has 0 aliphatic carbocycles. The van der Waals surface area contributed by atoms with Crippen LogP contribution in [0.3, 0.4) is 0 Å². The van der Waals surface area contributed by atoms with E-state index in [2.05, 4.69) is 47.3 Å². The molecule has 88 valence electrons. The van der Waals surface area contributed by atoms with Crippen LogP contribution >= 0.6 is 0 Å². The number of nitrogens with one attached hydrogen (secondary N) is 1. The largest absolute Gasteiger partial charge is 0.370 e. The van der Waals surface area contributed by atoms with E-state index in [-0.39, 0.29) is 0 Å².